The summed E-state index contributed by atoms with van der Waals surface area (Å²) in [5.74, 6) is 1.19. The van der Waals surface area contributed by atoms with Crippen LogP contribution in [0.25, 0.3) is 11.3 Å². The number of rotatable bonds is 6. The van der Waals surface area contributed by atoms with Gasteiger partial charge in [-0.3, -0.25) is 4.98 Å². The minimum atomic E-state index is -0.768. The second-order valence-corrected chi connectivity index (χ2v) is 11.3. The van der Waals surface area contributed by atoms with Gasteiger partial charge in [-0.25, -0.2) is 0 Å². The molecule has 1 aliphatic heterocycles. The first kappa shape index (κ1) is 30.3. The van der Waals surface area contributed by atoms with Gasteiger partial charge in [0.05, 0.1) is 22.5 Å². The number of aryl methyl sites for hydroxylation is 1. The molecule has 0 fully saturated rings. The third-order valence-corrected chi connectivity index (χ3v) is 8.49. The van der Waals surface area contributed by atoms with Crippen LogP contribution in [-0.4, -0.2) is 9.97 Å². The number of benzene rings is 5. The fraction of sp³-hybridized carbons (Fsp3) is 0.0476. The number of anilines is 3. The van der Waals surface area contributed by atoms with Crippen LogP contribution in [0.3, 0.4) is 0 Å². The zero-order valence-corrected chi connectivity index (χ0v) is 27.8. The van der Waals surface area contributed by atoms with Crippen molar-refractivity contribution in [2.45, 2.75) is 12.3 Å². The van der Waals surface area contributed by atoms with E-state index in [1.165, 1.54) is 0 Å². The van der Waals surface area contributed by atoms with E-state index in [0.717, 1.165) is 56.4 Å². The van der Waals surface area contributed by atoms with Crippen molar-refractivity contribution in [3.63, 3.8) is 0 Å². The molecule has 0 radical (unpaired) electrons. The van der Waals surface area contributed by atoms with E-state index in [0.29, 0.717) is 11.5 Å². The summed E-state index contributed by atoms with van der Waals surface area (Å²) in [6.45, 7) is 1.99. The predicted octanol–water partition coefficient (Wildman–Crippen LogP) is 10.0. The SMILES string of the molecule is Cc1cccc(-c2[c-]c(Oc3[c-]c(C4(c5ccccn5)c5ccccc5N(c5ccccc5)c5ccccc54)ccc3)ccc2)n1.[Pt+2]. The Labute approximate surface area is 289 Å². The normalized spacial score (nSPS) is 12.7. The third kappa shape index (κ3) is 5.35. The van der Waals surface area contributed by atoms with Gasteiger partial charge in [0.2, 0.25) is 0 Å². The van der Waals surface area contributed by atoms with Crippen LogP contribution in [0.5, 0.6) is 11.5 Å². The number of para-hydroxylation sites is 3. The molecule has 228 valence electrons. The van der Waals surface area contributed by atoms with Gasteiger partial charge in [0.25, 0.3) is 0 Å². The van der Waals surface area contributed by atoms with Gasteiger partial charge in [0.1, 0.15) is 0 Å². The van der Waals surface area contributed by atoms with Crippen LogP contribution in [0.1, 0.15) is 28.1 Å². The van der Waals surface area contributed by atoms with E-state index in [9.17, 15) is 0 Å². The summed E-state index contributed by atoms with van der Waals surface area (Å²) in [4.78, 5) is 12.0. The summed E-state index contributed by atoms with van der Waals surface area (Å²) in [5.41, 5.74) is 9.27. The van der Waals surface area contributed by atoms with Crippen molar-refractivity contribution in [3.05, 3.63) is 198 Å². The van der Waals surface area contributed by atoms with Crippen LogP contribution in [0.15, 0.2) is 158 Å². The molecule has 0 aliphatic carbocycles. The average Bonchev–Trinajstić information content (AvgIpc) is 3.11. The molecule has 0 atom stereocenters. The number of fused-ring (bicyclic) bond motifs is 2. The van der Waals surface area contributed by atoms with Gasteiger partial charge < -0.3 is 14.6 Å². The van der Waals surface area contributed by atoms with Crippen LogP contribution in [0.2, 0.25) is 0 Å². The molecule has 0 saturated carbocycles. The van der Waals surface area contributed by atoms with E-state index in [4.69, 9.17) is 9.72 Å². The van der Waals surface area contributed by atoms with Crippen molar-refractivity contribution in [1.29, 1.82) is 0 Å². The van der Waals surface area contributed by atoms with Crippen molar-refractivity contribution >= 4 is 17.1 Å². The van der Waals surface area contributed by atoms with E-state index in [1.54, 1.807) is 0 Å². The number of ether oxygens (including phenoxy) is 1. The smallest absolute Gasteiger partial charge is 0.503 e. The Hall–Kier alpha value is -5.31. The van der Waals surface area contributed by atoms with Crippen LogP contribution in [-0.2, 0) is 26.5 Å². The van der Waals surface area contributed by atoms with E-state index >= 15 is 0 Å². The van der Waals surface area contributed by atoms with Crippen LogP contribution in [0, 0.1) is 19.1 Å². The molecule has 8 rings (SSSR count). The van der Waals surface area contributed by atoms with Gasteiger partial charge in [0.15, 0.2) is 0 Å². The molecule has 0 saturated heterocycles. The summed E-state index contributed by atoms with van der Waals surface area (Å²) in [6.07, 6.45) is 1.87. The summed E-state index contributed by atoms with van der Waals surface area (Å²) in [7, 11) is 0. The van der Waals surface area contributed by atoms with Gasteiger partial charge in [0, 0.05) is 29.1 Å². The maximum Gasteiger partial charge on any atom is 2.00 e. The average molecular weight is 787 g/mol. The maximum atomic E-state index is 6.48. The van der Waals surface area contributed by atoms with Crippen molar-refractivity contribution in [2.24, 2.45) is 0 Å². The molecule has 7 aromatic rings. The summed E-state index contributed by atoms with van der Waals surface area (Å²) in [6, 6.07) is 58.9. The standard InChI is InChI=1S/C42H29N3O.Pt/c1-30-14-11-23-38(44-30)31-15-12-19-34(28-31)46-35-20-13-16-32(29-35)42(41-26-9-10-27-43-41)36-21-5-7-24-39(36)45(33-17-3-2-4-18-33)40-25-8-6-22-37(40)42;/h2-27H,1H3;/q-2;+2. The van der Waals surface area contributed by atoms with Gasteiger partial charge in [-0.05, 0) is 66.2 Å². The first-order valence-corrected chi connectivity index (χ1v) is 15.3. The Morgan fingerprint density at radius 3 is 1.94 bits per heavy atom. The fourth-order valence-corrected chi connectivity index (χ4v) is 6.58. The Balaban J connectivity index is 0.00000351. The molecule has 47 heavy (non-hydrogen) atoms. The zero-order chi connectivity index (χ0) is 30.9. The van der Waals surface area contributed by atoms with Crippen LogP contribution < -0.4 is 9.64 Å². The molecule has 2 aromatic heterocycles. The molecule has 0 N–H and O–H groups in total. The molecule has 5 heteroatoms. The summed E-state index contributed by atoms with van der Waals surface area (Å²) in [5, 5.41) is 0. The predicted molar refractivity (Wildman–Crippen MR) is 183 cm³/mol. The van der Waals surface area contributed by atoms with Gasteiger partial charge in [-0.1, -0.05) is 78.9 Å². The van der Waals surface area contributed by atoms with E-state index in [2.05, 4.69) is 119 Å². The Morgan fingerprint density at radius 2 is 1.23 bits per heavy atom. The quantitative estimate of drug-likeness (QED) is 0.157. The van der Waals surface area contributed by atoms with Crippen molar-refractivity contribution in [2.75, 3.05) is 4.90 Å². The summed E-state index contributed by atoms with van der Waals surface area (Å²) < 4.78 is 6.48. The van der Waals surface area contributed by atoms with E-state index < -0.39 is 5.41 Å². The fourth-order valence-electron chi connectivity index (χ4n) is 6.58. The molecular formula is C42H29N3OPt. The number of aromatic nitrogens is 2. The largest absolute Gasteiger partial charge is 2.00 e. The number of hydrogen-bond acceptors (Lipinski definition) is 4. The number of hydrogen-bond donors (Lipinski definition) is 0. The van der Waals surface area contributed by atoms with E-state index in [1.807, 2.05) is 67.7 Å². The molecule has 3 heterocycles. The molecule has 0 unspecified atom stereocenters. The van der Waals surface area contributed by atoms with Crippen molar-refractivity contribution in [3.8, 4) is 22.8 Å². The molecule has 4 nitrogen and oxygen atoms in total. The molecule has 0 spiro atoms. The Morgan fingerprint density at radius 1 is 0.596 bits per heavy atom. The zero-order valence-electron chi connectivity index (χ0n) is 25.6. The van der Waals surface area contributed by atoms with Crippen molar-refractivity contribution in [1.82, 2.24) is 9.97 Å². The van der Waals surface area contributed by atoms with E-state index in [-0.39, 0.29) is 21.1 Å². The molecule has 1 aliphatic rings. The first-order chi connectivity index (χ1) is 22.7. The molecular weight excluding hydrogens is 758 g/mol. The Bertz CT molecular complexity index is 2120. The number of pyridine rings is 2. The topological polar surface area (TPSA) is 38.2 Å². The molecule has 0 bridgehead atoms. The number of nitrogens with zero attached hydrogens (tertiary/aromatic N) is 3. The maximum absolute atomic E-state index is 6.48. The molecule has 0 amide bonds. The second-order valence-electron chi connectivity index (χ2n) is 11.3. The van der Waals surface area contributed by atoms with Crippen LogP contribution in [0.4, 0.5) is 17.1 Å². The van der Waals surface area contributed by atoms with Gasteiger partial charge in [-0.15, -0.1) is 41.5 Å². The minimum Gasteiger partial charge on any atom is -0.503 e. The Kier molecular flexibility index (Phi) is 8.28. The third-order valence-electron chi connectivity index (χ3n) is 8.49. The minimum absolute atomic E-state index is 0. The summed E-state index contributed by atoms with van der Waals surface area (Å²) >= 11 is 0. The monoisotopic (exact) mass is 786 g/mol. The van der Waals surface area contributed by atoms with Gasteiger partial charge >= 0.3 is 21.1 Å². The first-order valence-electron chi connectivity index (χ1n) is 15.3. The molecule has 5 aromatic carbocycles. The second kappa shape index (κ2) is 12.8. The van der Waals surface area contributed by atoms with Crippen LogP contribution >= 0.6 is 0 Å². The van der Waals surface area contributed by atoms with Crippen molar-refractivity contribution < 1.29 is 25.8 Å². The van der Waals surface area contributed by atoms with Gasteiger partial charge in [-0.2, -0.15) is 12.1 Å².